The van der Waals surface area contributed by atoms with Crippen molar-refractivity contribution in [2.24, 2.45) is 0 Å². The molecule has 0 saturated carbocycles. The van der Waals surface area contributed by atoms with Crippen molar-refractivity contribution in [1.82, 2.24) is 20.0 Å². The lowest BCUT2D eigenvalue weighted by molar-refractivity contribution is -0.0295. The Morgan fingerprint density at radius 1 is 1.18 bits per heavy atom. The van der Waals surface area contributed by atoms with E-state index in [0.717, 1.165) is 19.6 Å². The second-order valence-corrected chi connectivity index (χ2v) is 8.19. The standard InChI is InChI=1S/C24H36N4O6/c1-4-7-25-24(30)28-12-15-34-20(18-28)17-27(9-8-26-10-13-33-14-11-26)23(29)19-5-6-21(31-2)22(16-19)32-3/h4-6,16,20H,1,7-15,17-18H2,2-3H3,(H,25,30)/t20-/m0/s1. The lowest BCUT2D eigenvalue weighted by Gasteiger charge is -2.36. The normalized spacial score (nSPS) is 18.8. The summed E-state index contributed by atoms with van der Waals surface area (Å²) < 4.78 is 22.1. The number of hydrogen-bond donors (Lipinski definition) is 1. The van der Waals surface area contributed by atoms with E-state index in [4.69, 9.17) is 18.9 Å². The fourth-order valence-corrected chi connectivity index (χ4v) is 4.05. The first-order chi connectivity index (χ1) is 16.5. The number of hydrogen-bond acceptors (Lipinski definition) is 7. The Hall–Kier alpha value is -2.82. The Morgan fingerprint density at radius 3 is 2.65 bits per heavy atom. The summed E-state index contributed by atoms with van der Waals surface area (Å²) in [6.45, 7) is 10.1. The van der Waals surface area contributed by atoms with Crippen LogP contribution >= 0.6 is 0 Å². The van der Waals surface area contributed by atoms with Crippen LogP contribution in [-0.4, -0.2) is 119 Å². The van der Waals surface area contributed by atoms with Crippen LogP contribution in [0.2, 0.25) is 0 Å². The fourth-order valence-electron chi connectivity index (χ4n) is 4.05. The van der Waals surface area contributed by atoms with Gasteiger partial charge >= 0.3 is 6.03 Å². The molecule has 1 aromatic carbocycles. The summed E-state index contributed by atoms with van der Waals surface area (Å²) in [6, 6.07) is 5.01. The zero-order chi connectivity index (χ0) is 24.3. The molecule has 0 spiro atoms. The van der Waals surface area contributed by atoms with Crippen LogP contribution in [0.15, 0.2) is 30.9 Å². The highest BCUT2D eigenvalue weighted by atomic mass is 16.5. The van der Waals surface area contributed by atoms with E-state index in [-0.39, 0.29) is 18.0 Å². The van der Waals surface area contributed by atoms with Crippen LogP contribution in [0.4, 0.5) is 4.79 Å². The van der Waals surface area contributed by atoms with Crippen LogP contribution in [0.3, 0.4) is 0 Å². The molecule has 188 valence electrons. The lowest BCUT2D eigenvalue weighted by Crippen LogP contribution is -2.53. The maximum absolute atomic E-state index is 13.5. The van der Waals surface area contributed by atoms with Crippen molar-refractivity contribution in [3.8, 4) is 11.5 Å². The van der Waals surface area contributed by atoms with E-state index in [9.17, 15) is 9.59 Å². The molecule has 1 aromatic rings. The molecule has 34 heavy (non-hydrogen) atoms. The molecule has 2 aliphatic heterocycles. The average molecular weight is 477 g/mol. The number of nitrogens with one attached hydrogen (secondary N) is 1. The second kappa shape index (κ2) is 13.2. The maximum Gasteiger partial charge on any atom is 0.317 e. The molecule has 0 bridgehead atoms. The maximum atomic E-state index is 13.5. The number of benzene rings is 1. The number of methoxy groups -OCH3 is 2. The summed E-state index contributed by atoms with van der Waals surface area (Å²) in [5.41, 5.74) is 0.510. The molecule has 2 fully saturated rings. The Morgan fingerprint density at radius 2 is 1.94 bits per heavy atom. The number of rotatable bonds is 10. The molecule has 10 heteroatoms. The van der Waals surface area contributed by atoms with Crippen molar-refractivity contribution < 1.29 is 28.5 Å². The van der Waals surface area contributed by atoms with Crippen molar-refractivity contribution in [2.45, 2.75) is 6.10 Å². The van der Waals surface area contributed by atoms with Gasteiger partial charge in [-0.05, 0) is 18.2 Å². The highest BCUT2D eigenvalue weighted by molar-refractivity contribution is 5.95. The van der Waals surface area contributed by atoms with Crippen molar-refractivity contribution in [2.75, 3.05) is 86.4 Å². The lowest BCUT2D eigenvalue weighted by atomic mass is 10.1. The molecule has 10 nitrogen and oxygen atoms in total. The summed E-state index contributed by atoms with van der Waals surface area (Å²) in [7, 11) is 3.11. The molecule has 1 N–H and O–H groups in total. The van der Waals surface area contributed by atoms with Gasteiger partial charge in [0, 0.05) is 51.4 Å². The van der Waals surface area contributed by atoms with E-state index in [1.165, 1.54) is 0 Å². The topological polar surface area (TPSA) is 92.8 Å². The van der Waals surface area contributed by atoms with Crippen molar-refractivity contribution >= 4 is 11.9 Å². The molecule has 0 aliphatic carbocycles. The number of urea groups is 1. The van der Waals surface area contributed by atoms with Crippen LogP contribution in [0.5, 0.6) is 11.5 Å². The number of nitrogens with zero attached hydrogens (tertiary/aromatic N) is 3. The Balaban J connectivity index is 1.71. The van der Waals surface area contributed by atoms with Crippen LogP contribution < -0.4 is 14.8 Å². The molecule has 3 amide bonds. The molecule has 0 unspecified atom stereocenters. The fraction of sp³-hybridized carbons (Fsp3) is 0.583. The van der Waals surface area contributed by atoms with Gasteiger partial charge in [-0.1, -0.05) is 6.08 Å². The largest absolute Gasteiger partial charge is 0.493 e. The van der Waals surface area contributed by atoms with Gasteiger partial charge in [0.25, 0.3) is 5.91 Å². The van der Waals surface area contributed by atoms with Gasteiger partial charge in [-0.15, -0.1) is 6.58 Å². The zero-order valence-corrected chi connectivity index (χ0v) is 20.2. The SMILES string of the molecule is C=CCNC(=O)N1CCO[C@@H](CN(CCN2CCOCC2)C(=O)c2ccc(OC)c(OC)c2)C1. The summed E-state index contributed by atoms with van der Waals surface area (Å²) in [5.74, 6) is 0.946. The van der Waals surface area contributed by atoms with Gasteiger partial charge in [0.15, 0.2) is 11.5 Å². The molecule has 3 rings (SSSR count). The van der Waals surface area contributed by atoms with Gasteiger partial charge in [0.05, 0.1) is 46.7 Å². The third-order valence-electron chi connectivity index (χ3n) is 5.96. The summed E-state index contributed by atoms with van der Waals surface area (Å²) >= 11 is 0. The van der Waals surface area contributed by atoms with Gasteiger partial charge in [-0.2, -0.15) is 0 Å². The van der Waals surface area contributed by atoms with Gasteiger partial charge in [0.1, 0.15) is 0 Å². The van der Waals surface area contributed by atoms with Crippen molar-refractivity contribution in [3.05, 3.63) is 36.4 Å². The van der Waals surface area contributed by atoms with Crippen molar-refractivity contribution in [1.29, 1.82) is 0 Å². The number of carbonyl (C=O) groups is 2. The van der Waals surface area contributed by atoms with E-state index in [2.05, 4.69) is 16.8 Å². The van der Waals surface area contributed by atoms with E-state index < -0.39 is 0 Å². The number of morpholine rings is 2. The summed E-state index contributed by atoms with van der Waals surface area (Å²) in [5, 5.41) is 2.80. The summed E-state index contributed by atoms with van der Waals surface area (Å²) in [4.78, 5) is 31.7. The molecule has 0 aromatic heterocycles. The van der Waals surface area contributed by atoms with E-state index in [1.807, 2.05) is 0 Å². The average Bonchev–Trinajstić information content (AvgIpc) is 2.89. The zero-order valence-electron chi connectivity index (χ0n) is 20.2. The highest BCUT2D eigenvalue weighted by Crippen LogP contribution is 2.28. The molecule has 2 heterocycles. The molecule has 1 atom stereocenters. The Labute approximate surface area is 201 Å². The Kier molecular flexibility index (Phi) is 9.99. The van der Waals surface area contributed by atoms with Gasteiger partial charge in [0.2, 0.25) is 0 Å². The highest BCUT2D eigenvalue weighted by Gasteiger charge is 2.28. The minimum absolute atomic E-state index is 0.119. The number of carbonyl (C=O) groups excluding carboxylic acids is 2. The smallest absolute Gasteiger partial charge is 0.317 e. The molecular formula is C24H36N4O6. The third kappa shape index (κ3) is 7.09. The first-order valence-electron chi connectivity index (χ1n) is 11.6. The van der Waals surface area contributed by atoms with Gasteiger partial charge in [-0.3, -0.25) is 9.69 Å². The first kappa shape index (κ1) is 25.8. The van der Waals surface area contributed by atoms with E-state index >= 15 is 0 Å². The van der Waals surface area contributed by atoms with E-state index in [1.54, 1.807) is 48.3 Å². The predicted octanol–water partition coefficient (Wildman–Crippen LogP) is 1.07. The molecule has 2 saturated heterocycles. The van der Waals surface area contributed by atoms with Crippen molar-refractivity contribution in [3.63, 3.8) is 0 Å². The predicted molar refractivity (Wildman–Crippen MR) is 128 cm³/mol. The van der Waals surface area contributed by atoms with Crippen LogP contribution in [0.25, 0.3) is 0 Å². The number of ether oxygens (including phenoxy) is 4. The monoisotopic (exact) mass is 476 g/mol. The molecule has 2 aliphatic rings. The van der Waals surface area contributed by atoms with Gasteiger partial charge < -0.3 is 34.1 Å². The molecule has 0 radical (unpaired) electrons. The first-order valence-corrected chi connectivity index (χ1v) is 11.6. The summed E-state index contributed by atoms with van der Waals surface area (Å²) in [6.07, 6.45) is 1.36. The van der Waals surface area contributed by atoms with E-state index in [0.29, 0.717) is 69.6 Å². The number of amides is 3. The minimum atomic E-state index is -0.281. The quantitative estimate of drug-likeness (QED) is 0.505. The minimum Gasteiger partial charge on any atom is -0.493 e. The second-order valence-electron chi connectivity index (χ2n) is 8.19. The molecular weight excluding hydrogens is 440 g/mol. The van der Waals surface area contributed by atoms with Crippen LogP contribution in [-0.2, 0) is 9.47 Å². The Bertz CT molecular complexity index is 830. The third-order valence-corrected chi connectivity index (χ3v) is 5.96. The van der Waals surface area contributed by atoms with Crippen LogP contribution in [0.1, 0.15) is 10.4 Å². The van der Waals surface area contributed by atoms with Gasteiger partial charge in [-0.25, -0.2) is 4.79 Å². The van der Waals surface area contributed by atoms with Crippen LogP contribution in [0, 0.1) is 0 Å².